The third-order valence-electron chi connectivity index (χ3n) is 4.71. The summed E-state index contributed by atoms with van der Waals surface area (Å²) in [4.78, 5) is 31.9. The summed E-state index contributed by atoms with van der Waals surface area (Å²) in [6.45, 7) is 1.51. The summed E-state index contributed by atoms with van der Waals surface area (Å²) < 4.78 is 0. The number of fused-ring (bicyclic) bond motifs is 1. The lowest BCUT2D eigenvalue weighted by Gasteiger charge is -2.25. The minimum atomic E-state index is -0.150. The molecule has 0 spiro atoms. The molecule has 0 saturated carbocycles. The van der Waals surface area contributed by atoms with Crippen molar-refractivity contribution in [2.75, 3.05) is 10.7 Å². The van der Waals surface area contributed by atoms with Crippen molar-refractivity contribution in [3.63, 3.8) is 0 Å². The molecule has 2 heterocycles. The number of amides is 2. The van der Waals surface area contributed by atoms with Crippen LogP contribution in [0.1, 0.15) is 30.6 Å². The minimum Gasteiger partial charge on any atom is -0.346 e. The number of carbonyl (C=O) groups excluding carboxylic acids is 2. The molecule has 1 unspecified atom stereocenters. The Balaban J connectivity index is 1.45. The molecular formula is C23H21N3O2S2. The van der Waals surface area contributed by atoms with Crippen molar-refractivity contribution in [2.45, 2.75) is 24.3 Å². The fraction of sp³-hybridized carbons (Fsp3) is 0.174. The number of rotatable bonds is 5. The first-order chi connectivity index (χ1) is 14.6. The largest absolute Gasteiger partial charge is 0.346 e. The number of hydrogen-bond donors (Lipinski definition) is 1. The molecule has 0 aliphatic carbocycles. The number of thiazole rings is 1. The molecule has 1 N–H and O–H groups in total. The predicted molar refractivity (Wildman–Crippen MR) is 123 cm³/mol. The number of para-hydroxylation sites is 1. The lowest BCUT2D eigenvalue weighted by Crippen LogP contribution is -2.29. The zero-order chi connectivity index (χ0) is 20.9. The number of hydrogen-bond acceptors (Lipinski definition) is 5. The summed E-state index contributed by atoms with van der Waals surface area (Å²) in [7, 11) is 0. The molecule has 0 fully saturated rings. The molecule has 2 aromatic carbocycles. The highest BCUT2D eigenvalue weighted by molar-refractivity contribution is 7.99. The predicted octanol–water partition coefficient (Wildman–Crippen LogP) is 5.19. The first-order valence-electron chi connectivity index (χ1n) is 9.63. The third kappa shape index (κ3) is 4.63. The molecule has 152 valence electrons. The summed E-state index contributed by atoms with van der Waals surface area (Å²) in [6, 6.07) is 17.6. The standard InChI is InChI=1S/C23H21N3O2S2/c1-16(27)26(18-7-3-2-4-8-18)23-24-17(15-30-23)11-12-22(28)25-20-13-14-29-21-10-6-5-9-19(20)21/h2-12,15,20H,13-14H2,1H3,(H,25,28)/b12-11+. The van der Waals surface area contributed by atoms with Crippen LogP contribution in [0.3, 0.4) is 0 Å². The molecule has 5 nitrogen and oxygen atoms in total. The number of benzene rings is 2. The Labute approximate surface area is 183 Å². The van der Waals surface area contributed by atoms with Gasteiger partial charge in [-0.15, -0.1) is 23.1 Å². The van der Waals surface area contributed by atoms with E-state index >= 15 is 0 Å². The van der Waals surface area contributed by atoms with Gasteiger partial charge >= 0.3 is 0 Å². The first kappa shape index (κ1) is 20.4. The number of carbonyl (C=O) groups is 2. The second-order valence-corrected chi connectivity index (χ2v) is 8.79. The summed E-state index contributed by atoms with van der Waals surface area (Å²) in [5.41, 5.74) is 2.58. The molecule has 1 aromatic heterocycles. The molecule has 7 heteroatoms. The van der Waals surface area contributed by atoms with E-state index in [2.05, 4.69) is 22.4 Å². The summed E-state index contributed by atoms with van der Waals surface area (Å²) in [6.07, 6.45) is 4.10. The van der Waals surface area contributed by atoms with Crippen molar-refractivity contribution in [3.8, 4) is 0 Å². The first-order valence-corrected chi connectivity index (χ1v) is 11.5. The van der Waals surface area contributed by atoms with E-state index < -0.39 is 0 Å². The second-order valence-electron chi connectivity index (χ2n) is 6.81. The van der Waals surface area contributed by atoms with E-state index in [1.54, 1.807) is 11.0 Å². The molecule has 0 saturated heterocycles. The molecular weight excluding hydrogens is 414 g/mol. The highest BCUT2D eigenvalue weighted by atomic mass is 32.2. The fourth-order valence-electron chi connectivity index (χ4n) is 3.33. The number of thioether (sulfide) groups is 1. The van der Waals surface area contributed by atoms with E-state index in [1.165, 1.54) is 34.8 Å². The van der Waals surface area contributed by atoms with E-state index in [1.807, 2.05) is 59.6 Å². The van der Waals surface area contributed by atoms with Gasteiger partial charge in [-0.3, -0.25) is 14.5 Å². The van der Waals surface area contributed by atoms with Crippen LogP contribution in [0.5, 0.6) is 0 Å². The van der Waals surface area contributed by atoms with Crippen LogP contribution in [-0.2, 0) is 9.59 Å². The maximum atomic E-state index is 12.5. The van der Waals surface area contributed by atoms with Gasteiger partial charge in [0.1, 0.15) is 0 Å². The van der Waals surface area contributed by atoms with Gasteiger partial charge in [0, 0.05) is 29.0 Å². The molecule has 30 heavy (non-hydrogen) atoms. The van der Waals surface area contributed by atoms with Gasteiger partial charge in [-0.25, -0.2) is 4.98 Å². The molecule has 2 amide bonds. The molecule has 1 aliphatic rings. The van der Waals surface area contributed by atoms with Crippen LogP contribution < -0.4 is 10.2 Å². The van der Waals surface area contributed by atoms with Gasteiger partial charge in [0.15, 0.2) is 5.13 Å². The van der Waals surface area contributed by atoms with Crippen molar-refractivity contribution >= 4 is 51.8 Å². The van der Waals surface area contributed by atoms with Gasteiger partial charge in [0.25, 0.3) is 0 Å². The smallest absolute Gasteiger partial charge is 0.244 e. The number of anilines is 2. The van der Waals surface area contributed by atoms with E-state index in [0.29, 0.717) is 10.8 Å². The zero-order valence-corrected chi connectivity index (χ0v) is 18.1. The lowest BCUT2D eigenvalue weighted by atomic mass is 10.0. The van der Waals surface area contributed by atoms with Gasteiger partial charge in [-0.05, 0) is 36.3 Å². The van der Waals surface area contributed by atoms with E-state index in [9.17, 15) is 9.59 Å². The van der Waals surface area contributed by atoms with Crippen molar-refractivity contribution in [2.24, 2.45) is 0 Å². The maximum absolute atomic E-state index is 12.5. The molecule has 1 atom stereocenters. The lowest BCUT2D eigenvalue weighted by molar-refractivity contribution is -0.117. The zero-order valence-electron chi connectivity index (χ0n) is 16.4. The molecule has 1 aliphatic heterocycles. The quantitative estimate of drug-likeness (QED) is 0.560. The summed E-state index contributed by atoms with van der Waals surface area (Å²) in [5.74, 6) is 0.724. The Morgan fingerprint density at radius 2 is 1.90 bits per heavy atom. The summed E-state index contributed by atoms with van der Waals surface area (Å²) in [5, 5.41) is 5.50. The van der Waals surface area contributed by atoms with E-state index in [-0.39, 0.29) is 17.9 Å². The third-order valence-corrected chi connectivity index (χ3v) is 6.68. The van der Waals surface area contributed by atoms with Crippen LogP contribution in [0.2, 0.25) is 0 Å². The van der Waals surface area contributed by atoms with Crippen LogP contribution in [0.15, 0.2) is 70.9 Å². The number of nitrogens with one attached hydrogen (secondary N) is 1. The van der Waals surface area contributed by atoms with Crippen LogP contribution in [0.4, 0.5) is 10.8 Å². The van der Waals surface area contributed by atoms with Crippen molar-refractivity contribution in [3.05, 3.63) is 77.3 Å². The minimum absolute atomic E-state index is 0.0249. The van der Waals surface area contributed by atoms with Crippen LogP contribution in [-0.4, -0.2) is 22.6 Å². The normalized spacial score (nSPS) is 15.6. The highest BCUT2D eigenvalue weighted by Crippen LogP contribution is 2.35. The average molecular weight is 436 g/mol. The molecule has 3 aromatic rings. The van der Waals surface area contributed by atoms with E-state index in [0.717, 1.165) is 17.9 Å². The SMILES string of the molecule is CC(=O)N(c1ccccc1)c1nc(/C=C/C(=O)NC2CCSc3ccccc32)cs1. The average Bonchev–Trinajstić information content (AvgIpc) is 3.21. The number of aromatic nitrogens is 1. The van der Waals surface area contributed by atoms with E-state index in [4.69, 9.17) is 0 Å². The molecule has 4 rings (SSSR count). The Morgan fingerprint density at radius 1 is 1.13 bits per heavy atom. The Kier molecular flexibility index (Phi) is 6.30. The van der Waals surface area contributed by atoms with Gasteiger partial charge in [0.2, 0.25) is 11.8 Å². The van der Waals surface area contributed by atoms with Gasteiger partial charge in [-0.1, -0.05) is 36.4 Å². The van der Waals surface area contributed by atoms with Crippen LogP contribution >= 0.6 is 23.1 Å². The van der Waals surface area contributed by atoms with Crippen molar-refractivity contribution < 1.29 is 9.59 Å². The molecule has 0 radical (unpaired) electrons. The summed E-state index contributed by atoms with van der Waals surface area (Å²) >= 11 is 3.19. The van der Waals surface area contributed by atoms with Crippen molar-refractivity contribution in [1.29, 1.82) is 0 Å². The van der Waals surface area contributed by atoms with Crippen LogP contribution in [0, 0.1) is 0 Å². The van der Waals surface area contributed by atoms with Crippen LogP contribution in [0.25, 0.3) is 6.08 Å². The Hall–Kier alpha value is -2.90. The van der Waals surface area contributed by atoms with Gasteiger partial charge in [0.05, 0.1) is 17.4 Å². The number of nitrogens with zero attached hydrogens (tertiary/aromatic N) is 2. The highest BCUT2D eigenvalue weighted by Gasteiger charge is 2.21. The van der Waals surface area contributed by atoms with Crippen molar-refractivity contribution in [1.82, 2.24) is 10.3 Å². The monoisotopic (exact) mass is 435 g/mol. The Morgan fingerprint density at radius 3 is 2.70 bits per heavy atom. The second kappa shape index (κ2) is 9.28. The van der Waals surface area contributed by atoms with Gasteiger partial charge < -0.3 is 5.32 Å². The topological polar surface area (TPSA) is 62.3 Å². The maximum Gasteiger partial charge on any atom is 0.244 e. The fourth-order valence-corrected chi connectivity index (χ4v) is 5.31. The molecule has 0 bridgehead atoms. The Bertz CT molecular complexity index is 1080. The van der Waals surface area contributed by atoms with Gasteiger partial charge in [-0.2, -0.15) is 0 Å².